The van der Waals surface area contributed by atoms with E-state index in [1.165, 1.54) is 19.5 Å². The maximum atomic E-state index is 14.4. The van der Waals surface area contributed by atoms with Gasteiger partial charge < -0.3 is 20.5 Å². The van der Waals surface area contributed by atoms with Crippen molar-refractivity contribution in [2.45, 2.75) is 12.6 Å². The van der Waals surface area contributed by atoms with Gasteiger partial charge in [-0.2, -0.15) is 0 Å². The number of fused-ring (bicyclic) bond motifs is 1. The number of nitrogens with zero attached hydrogens (tertiary/aromatic N) is 3. The number of carbonyl (C=O) groups is 1. The van der Waals surface area contributed by atoms with E-state index in [0.29, 0.717) is 29.0 Å². The van der Waals surface area contributed by atoms with Gasteiger partial charge in [0.25, 0.3) is 0 Å². The number of ether oxygens (including phenoxy) is 2. The molecule has 0 aliphatic carbocycles. The van der Waals surface area contributed by atoms with E-state index in [9.17, 15) is 9.18 Å². The fourth-order valence-electron chi connectivity index (χ4n) is 3.23. The second-order valence-electron chi connectivity index (χ2n) is 6.92. The summed E-state index contributed by atoms with van der Waals surface area (Å²) in [7, 11) is 4.82. The summed E-state index contributed by atoms with van der Waals surface area (Å²) in [4.78, 5) is 22.1. The molecular formula is C21H23ClFN5O3. The molecule has 0 spiro atoms. The zero-order valence-electron chi connectivity index (χ0n) is 17.4. The number of primary amides is 1. The fraction of sp³-hybridized carbons (Fsp3) is 0.286. The highest BCUT2D eigenvalue weighted by Gasteiger charge is 2.22. The standard InChI is InChI=1S/C21H23ClFN5O3/c1-28(17(10-30-2)20(24)29)9-12-7-13-16(8-18(12)31-3)25-11-26-21(13)27-15-6-4-5-14(22)19(15)23/h4-8,11,17H,9-10H2,1-3H3,(H2,24,29)(H,25,26,27)/t17-/m1/s1. The van der Waals surface area contributed by atoms with Gasteiger partial charge in [-0.3, -0.25) is 9.69 Å². The van der Waals surface area contributed by atoms with Crippen molar-refractivity contribution >= 4 is 39.9 Å². The van der Waals surface area contributed by atoms with E-state index in [-0.39, 0.29) is 17.3 Å². The zero-order chi connectivity index (χ0) is 22.5. The van der Waals surface area contributed by atoms with E-state index in [0.717, 1.165) is 5.56 Å². The molecule has 0 radical (unpaired) electrons. The molecule has 0 bridgehead atoms. The molecule has 1 amide bonds. The summed E-state index contributed by atoms with van der Waals surface area (Å²) in [5, 5.41) is 3.63. The second-order valence-corrected chi connectivity index (χ2v) is 7.33. The van der Waals surface area contributed by atoms with Crippen molar-refractivity contribution in [3.8, 4) is 5.75 Å². The molecule has 164 valence electrons. The highest BCUT2D eigenvalue weighted by Crippen LogP contribution is 2.32. The maximum Gasteiger partial charge on any atom is 0.237 e. The Morgan fingerprint density at radius 2 is 2.10 bits per heavy atom. The third-order valence-corrected chi connectivity index (χ3v) is 5.14. The summed E-state index contributed by atoms with van der Waals surface area (Å²) in [6.07, 6.45) is 1.38. The number of nitrogens with one attached hydrogen (secondary N) is 1. The van der Waals surface area contributed by atoms with E-state index >= 15 is 0 Å². The molecule has 0 saturated heterocycles. The first kappa shape index (κ1) is 22.7. The van der Waals surface area contributed by atoms with Gasteiger partial charge in [0, 0.05) is 30.7 Å². The van der Waals surface area contributed by atoms with Crippen molar-refractivity contribution in [1.29, 1.82) is 0 Å². The number of amides is 1. The van der Waals surface area contributed by atoms with Crippen molar-refractivity contribution in [2.24, 2.45) is 5.73 Å². The largest absolute Gasteiger partial charge is 0.496 e. The van der Waals surface area contributed by atoms with E-state index in [4.69, 9.17) is 26.8 Å². The van der Waals surface area contributed by atoms with Crippen LogP contribution in [0, 0.1) is 5.82 Å². The van der Waals surface area contributed by atoms with E-state index in [1.807, 2.05) is 6.07 Å². The topological polar surface area (TPSA) is 103 Å². The zero-order valence-corrected chi connectivity index (χ0v) is 18.1. The number of anilines is 2. The number of benzene rings is 2. The lowest BCUT2D eigenvalue weighted by molar-refractivity contribution is -0.124. The minimum Gasteiger partial charge on any atom is -0.496 e. The molecule has 0 unspecified atom stereocenters. The van der Waals surface area contributed by atoms with Gasteiger partial charge in [0.05, 0.1) is 29.9 Å². The van der Waals surface area contributed by atoms with Crippen molar-refractivity contribution in [3.63, 3.8) is 0 Å². The first-order valence-corrected chi connectivity index (χ1v) is 9.74. The summed E-state index contributed by atoms with van der Waals surface area (Å²) < 4.78 is 25.0. The van der Waals surface area contributed by atoms with Gasteiger partial charge in [0.1, 0.15) is 23.9 Å². The Bertz CT molecular complexity index is 1100. The number of nitrogens with two attached hydrogens (primary N) is 1. The van der Waals surface area contributed by atoms with Crippen LogP contribution in [0.3, 0.4) is 0 Å². The lowest BCUT2D eigenvalue weighted by Crippen LogP contribution is -2.45. The average Bonchev–Trinajstić information content (AvgIpc) is 2.74. The second kappa shape index (κ2) is 9.86. The highest BCUT2D eigenvalue weighted by molar-refractivity contribution is 6.31. The fourth-order valence-corrected chi connectivity index (χ4v) is 3.41. The lowest BCUT2D eigenvalue weighted by atomic mass is 10.1. The van der Waals surface area contributed by atoms with E-state index < -0.39 is 17.8 Å². The molecule has 3 aromatic rings. The molecule has 8 nitrogen and oxygen atoms in total. The predicted octanol–water partition coefficient (Wildman–Crippen LogP) is 3.11. The Labute approximate surface area is 184 Å². The summed E-state index contributed by atoms with van der Waals surface area (Å²) in [6.45, 7) is 0.502. The van der Waals surface area contributed by atoms with E-state index in [2.05, 4.69) is 15.3 Å². The molecule has 0 fully saturated rings. The van der Waals surface area contributed by atoms with Crippen LogP contribution in [0.2, 0.25) is 5.02 Å². The van der Waals surface area contributed by atoms with Crippen molar-refractivity contribution in [2.75, 3.05) is 33.2 Å². The van der Waals surface area contributed by atoms with Crippen LogP contribution < -0.4 is 15.8 Å². The molecule has 1 heterocycles. The first-order valence-electron chi connectivity index (χ1n) is 9.36. The SMILES string of the molecule is COC[C@H](C(N)=O)N(C)Cc1cc2c(Nc3cccc(Cl)c3F)ncnc2cc1OC. The number of rotatable bonds is 9. The molecule has 1 aromatic heterocycles. The first-order chi connectivity index (χ1) is 14.8. The molecule has 0 aliphatic rings. The van der Waals surface area contributed by atoms with Gasteiger partial charge >= 0.3 is 0 Å². The van der Waals surface area contributed by atoms with Crippen LogP contribution in [-0.4, -0.2) is 54.7 Å². The molecular weight excluding hydrogens is 425 g/mol. The summed E-state index contributed by atoms with van der Waals surface area (Å²) >= 11 is 5.88. The Morgan fingerprint density at radius 1 is 1.32 bits per heavy atom. The van der Waals surface area contributed by atoms with Crippen LogP contribution in [-0.2, 0) is 16.1 Å². The van der Waals surface area contributed by atoms with Gasteiger partial charge in [-0.05, 0) is 25.2 Å². The van der Waals surface area contributed by atoms with E-state index in [1.54, 1.807) is 37.3 Å². The molecule has 31 heavy (non-hydrogen) atoms. The van der Waals surface area contributed by atoms with Crippen molar-refractivity contribution in [1.82, 2.24) is 14.9 Å². The van der Waals surface area contributed by atoms with Crippen LogP contribution in [0.15, 0.2) is 36.7 Å². The monoisotopic (exact) mass is 447 g/mol. The van der Waals surface area contributed by atoms with Gasteiger partial charge in [-0.15, -0.1) is 0 Å². The normalized spacial score (nSPS) is 12.2. The van der Waals surface area contributed by atoms with Gasteiger partial charge in [0.2, 0.25) is 5.91 Å². The smallest absolute Gasteiger partial charge is 0.237 e. The number of halogens is 2. The van der Waals surface area contributed by atoms with Gasteiger partial charge in [-0.25, -0.2) is 14.4 Å². The quantitative estimate of drug-likeness (QED) is 0.519. The molecule has 1 atom stereocenters. The average molecular weight is 448 g/mol. The molecule has 3 rings (SSSR count). The summed E-state index contributed by atoms with van der Waals surface area (Å²) in [5.41, 5.74) is 7.07. The minimum absolute atomic E-state index is 0.00276. The highest BCUT2D eigenvalue weighted by atomic mass is 35.5. The number of methoxy groups -OCH3 is 2. The molecule has 0 saturated carbocycles. The number of carbonyl (C=O) groups excluding carboxylic acids is 1. The summed E-state index contributed by atoms with van der Waals surface area (Å²) in [6, 6.07) is 7.65. The molecule has 2 aromatic carbocycles. The molecule has 3 N–H and O–H groups in total. The summed E-state index contributed by atoms with van der Waals surface area (Å²) in [5.74, 6) is -0.0841. The van der Waals surface area contributed by atoms with Crippen LogP contribution in [0.25, 0.3) is 10.9 Å². The third kappa shape index (κ3) is 5.01. The van der Waals surface area contributed by atoms with Crippen molar-refractivity contribution < 1.29 is 18.7 Å². The Hall–Kier alpha value is -3.01. The van der Waals surface area contributed by atoms with Crippen LogP contribution in [0.4, 0.5) is 15.9 Å². The number of hydrogen-bond acceptors (Lipinski definition) is 7. The Kier molecular flexibility index (Phi) is 7.21. The third-order valence-electron chi connectivity index (χ3n) is 4.85. The predicted molar refractivity (Wildman–Crippen MR) is 117 cm³/mol. The lowest BCUT2D eigenvalue weighted by Gasteiger charge is -2.25. The molecule has 10 heteroatoms. The molecule has 0 aliphatic heterocycles. The number of likely N-dealkylation sites (N-methyl/N-ethyl adjacent to an activating group) is 1. The van der Waals surface area contributed by atoms with Gasteiger partial charge in [-0.1, -0.05) is 17.7 Å². The van der Waals surface area contributed by atoms with Crippen LogP contribution in [0.1, 0.15) is 5.56 Å². The van der Waals surface area contributed by atoms with Crippen molar-refractivity contribution in [3.05, 3.63) is 53.1 Å². The number of aromatic nitrogens is 2. The Balaban J connectivity index is 2.02. The number of hydrogen-bond donors (Lipinski definition) is 2. The Morgan fingerprint density at radius 3 is 2.77 bits per heavy atom. The minimum atomic E-state index is -0.615. The maximum absolute atomic E-state index is 14.4. The van der Waals surface area contributed by atoms with Crippen LogP contribution in [0.5, 0.6) is 5.75 Å². The van der Waals surface area contributed by atoms with Crippen LogP contribution >= 0.6 is 11.6 Å². The van der Waals surface area contributed by atoms with Gasteiger partial charge in [0.15, 0.2) is 5.82 Å².